The summed E-state index contributed by atoms with van der Waals surface area (Å²) in [6.45, 7) is 0. The third-order valence-corrected chi connectivity index (χ3v) is 2.11. The predicted molar refractivity (Wildman–Crippen MR) is 61.9 cm³/mol. The highest BCUT2D eigenvalue weighted by atomic mass is 16.2. The minimum absolute atomic E-state index is 0.203. The van der Waals surface area contributed by atoms with Crippen LogP contribution in [0, 0.1) is 0 Å². The summed E-state index contributed by atoms with van der Waals surface area (Å²) >= 11 is 0. The average Bonchev–Trinajstić information content (AvgIpc) is 2.33. The van der Waals surface area contributed by atoms with Crippen molar-refractivity contribution in [1.82, 2.24) is 0 Å². The lowest BCUT2D eigenvalue weighted by molar-refractivity contribution is -0.567. The second kappa shape index (κ2) is 4.44. The second-order valence-electron chi connectivity index (χ2n) is 3.33. The number of anilines is 2. The van der Waals surface area contributed by atoms with Gasteiger partial charge in [0.2, 0.25) is 0 Å². The number of nitrogens with one attached hydrogen (secondary N) is 1. The van der Waals surface area contributed by atoms with Crippen molar-refractivity contribution in [3.05, 3.63) is 54.9 Å². The summed E-state index contributed by atoms with van der Waals surface area (Å²) in [4.78, 5) is 11.7. The van der Waals surface area contributed by atoms with Gasteiger partial charge < -0.3 is 5.73 Å². The van der Waals surface area contributed by atoms with E-state index >= 15 is 0 Å². The van der Waals surface area contributed by atoms with Crippen LogP contribution in [-0.2, 0) is 0 Å². The van der Waals surface area contributed by atoms with E-state index in [-0.39, 0.29) is 6.03 Å². The molecule has 0 unspecified atom stereocenters. The van der Waals surface area contributed by atoms with Crippen molar-refractivity contribution in [3.63, 3.8) is 0 Å². The number of carbonyl (C=O) groups excluding carboxylic acids is 1. The zero-order valence-corrected chi connectivity index (χ0v) is 8.63. The molecule has 16 heavy (non-hydrogen) atoms. The normalized spacial score (nSPS) is 9.75. The Kier molecular flexibility index (Phi) is 2.82. The molecule has 0 bridgehead atoms. The molecule has 0 radical (unpaired) electrons. The van der Waals surface area contributed by atoms with Crippen molar-refractivity contribution in [2.75, 3.05) is 11.1 Å². The molecule has 0 spiro atoms. The third kappa shape index (κ3) is 2.36. The Bertz CT molecular complexity index is 479. The van der Waals surface area contributed by atoms with Crippen LogP contribution in [0.25, 0.3) is 0 Å². The lowest BCUT2D eigenvalue weighted by Gasteiger charge is -1.98. The van der Waals surface area contributed by atoms with Crippen LogP contribution < -0.4 is 15.6 Å². The Hall–Kier alpha value is -2.36. The van der Waals surface area contributed by atoms with Gasteiger partial charge in [-0.1, -0.05) is 6.07 Å². The summed E-state index contributed by atoms with van der Waals surface area (Å²) in [6, 6.07) is 12.2. The van der Waals surface area contributed by atoms with Gasteiger partial charge in [0.05, 0.1) is 12.4 Å². The van der Waals surface area contributed by atoms with Crippen molar-refractivity contribution < 1.29 is 9.36 Å². The number of hydrogen-bond donors (Lipinski definition) is 2. The second-order valence-corrected chi connectivity index (χ2v) is 3.33. The molecule has 0 aliphatic carbocycles. The van der Waals surface area contributed by atoms with Crippen LogP contribution in [-0.4, -0.2) is 6.03 Å². The van der Waals surface area contributed by atoms with Crippen molar-refractivity contribution in [2.45, 2.75) is 0 Å². The molecule has 2 rings (SSSR count). The number of pyridine rings is 1. The molecule has 1 aromatic carbocycles. The van der Waals surface area contributed by atoms with Gasteiger partial charge in [-0.3, -0.25) is 0 Å². The van der Waals surface area contributed by atoms with Gasteiger partial charge in [-0.15, -0.1) is 0 Å². The highest BCUT2D eigenvalue weighted by Gasteiger charge is 2.12. The lowest BCUT2D eigenvalue weighted by Crippen LogP contribution is -2.45. The van der Waals surface area contributed by atoms with Gasteiger partial charge in [0, 0.05) is 5.69 Å². The van der Waals surface area contributed by atoms with E-state index in [0.29, 0.717) is 5.69 Å². The molecule has 0 atom stereocenters. The highest BCUT2D eigenvalue weighted by molar-refractivity contribution is 5.82. The van der Waals surface area contributed by atoms with Crippen LogP contribution in [0.1, 0.15) is 0 Å². The Balaban J connectivity index is 2.11. The van der Waals surface area contributed by atoms with Gasteiger partial charge in [-0.25, -0.2) is 5.32 Å². The first-order valence-corrected chi connectivity index (χ1v) is 4.89. The van der Waals surface area contributed by atoms with Crippen LogP contribution in [0.2, 0.25) is 0 Å². The minimum Gasteiger partial charge on any atom is -0.399 e. The summed E-state index contributed by atoms with van der Waals surface area (Å²) in [7, 11) is 0. The fourth-order valence-corrected chi connectivity index (χ4v) is 1.29. The maximum absolute atomic E-state index is 11.7. The molecule has 1 amide bonds. The molecule has 3 N–H and O–H groups in total. The Labute approximate surface area is 93.3 Å². The molecule has 80 valence electrons. The minimum atomic E-state index is -0.203. The standard InChI is InChI=1S/C12H11N3O/c13-10-4-6-11(7-5-10)14-12(16)15-8-2-1-3-9-15/h1-9H,13H2/p+1. The molecule has 4 nitrogen and oxygen atoms in total. The van der Waals surface area contributed by atoms with Crippen LogP contribution >= 0.6 is 0 Å². The van der Waals surface area contributed by atoms with E-state index < -0.39 is 0 Å². The zero-order chi connectivity index (χ0) is 11.4. The molecule has 0 fully saturated rings. The van der Waals surface area contributed by atoms with E-state index in [0.717, 1.165) is 5.69 Å². The number of rotatable bonds is 1. The number of hydrogen-bond acceptors (Lipinski definition) is 2. The maximum atomic E-state index is 11.7. The van der Waals surface area contributed by atoms with E-state index in [2.05, 4.69) is 5.32 Å². The van der Waals surface area contributed by atoms with E-state index in [1.807, 2.05) is 6.07 Å². The van der Waals surface area contributed by atoms with Crippen molar-refractivity contribution in [1.29, 1.82) is 0 Å². The first-order chi connectivity index (χ1) is 7.75. The fourth-order valence-electron chi connectivity index (χ4n) is 1.29. The molecule has 4 heteroatoms. The molecule has 1 aromatic heterocycles. The molecular weight excluding hydrogens is 202 g/mol. The lowest BCUT2D eigenvalue weighted by atomic mass is 10.3. The highest BCUT2D eigenvalue weighted by Crippen LogP contribution is 2.09. The predicted octanol–water partition coefficient (Wildman–Crippen LogP) is 1.64. The SMILES string of the molecule is Nc1ccc(NC(=O)[n+]2ccccc2)cc1. The zero-order valence-electron chi connectivity index (χ0n) is 8.63. The third-order valence-electron chi connectivity index (χ3n) is 2.11. The van der Waals surface area contributed by atoms with Crippen molar-refractivity contribution in [3.8, 4) is 0 Å². The topological polar surface area (TPSA) is 59.0 Å². The number of amides is 1. The van der Waals surface area contributed by atoms with E-state index in [1.54, 1.807) is 48.8 Å². The molecule has 1 heterocycles. The fraction of sp³-hybridized carbons (Fsp3) is 0. The molecular formula is C12H12N3O+. The van der Waals surface area contributed by atoms with Crippen LogP contribution in [0.3, 0.4) is 0 Å². The molecule has 0 aliphatic heterocycles. The smallest absolute Gasteiger partial charge is 0.399 e. The Morgan fingerprint density at radius 2 is 1.69 bits per heavy atom. The van der Waals surface area contributed by atoms with Gasteiger partial charge >= 0.3 is 6.03 Å². The van der Waals surface area contributed by atoms with Crippen LogP contribution in [0.15, 0.2) is 54.9 Å². The average molecular weight is 214 g/mol. The van der Waals surface area contributed by atoms with Crippen LogP contribution in [0.5, 0.6) is 0 Å². The van der Waals surface area contributed by atoms with E-state index in [1.165, 1.54) is 4.57 Å². The summed E-state index contributed by atoms with van der Waals surface area (Å²) in [5.74, 6) is 0. The maximum Gasteiger partial charge on any atom is 0.500 e. The van der Waals surface area contributed by atoms with E-state index in [4.69, 9.17) is 5.73 Å². The Morgan fingerprint density at radius 1 is 1.06 bits per heavy atom. The van der Waals surface area contributed by atoms with Gasteiger partial charge in [0.15, 0.2) is 0 Å². The van der Waals surface area contributed by atoms with Crippen molar-refractivity contribution in [2.24, 2.45) is 0 Å². The molecule has 0 saturated carbocycles. The van der Waals surface area contributed by atoms with Gasteiger partial charge in [0.25, 0.3) is 0 Å². The van der Waals surface area contributed by atoms with Crippen LogP contribution in [0.4, 0.5) is 16.2 Å². The molecule has 0 saturated heterocycles. The van der Waals surface area contributed by atoms with Gasteiger partial charge in [-0.05, 0) is 36.4 Å². The number of carbonyl (C=O) groups is 1. The summed E-state index contributed by atoms with van der Waals surface area (Å²) < 4.78 is 1.47. The summed E-state index contributed by atoms with van der Waals surface area (Å²) in [5.41, 5.74) is 6.94. The monoisotopic (exact) mass is 214 g/mol. The number of nitrogens with zero attached hydrogens (tertiary/aromatic N) is 1. The van der Waals surface area contributed by atoms with Gasteiger partial charge in [0.1, 0.15) is 5.69 Å². The number of benzene rings is 1. The Morgan fingerprint density at radius 3 is 2.31 bits per heavy atom. The first kappa shape index (κ1) is 10.2. The van der Waals surface area contributed by atoms with Crippen molar-refractivity contribution >= 4 is 17.4 Å². The van der Waals surface area contributed by atoms with E-state index in [9.17, 15) is 4.79 Å². The number of nitrogen functional groups attached to an aromatic ring is 1. The summed E-state index contributed by atoms with van der Waals surface area (Å²) in [6.07, 6.45) is 3.37. The first-order valence-electron chi connectivity index (χ1n) is 4.89. The van der Waals surface area contributed by atoms with Gasteiger partial charge in [-0.2, -0.15) is 9.36 Å². The molecule has 2 aromatic rings. The number of nitrogens with two attached hydrogens (primary N) is 1. The summed E-state index contributed by atoms with van der Waals surface area (Å²) in [5, 5.41) is 2.75. The molecule has 0 aliphatic rings. The largest absolute Gasteiger partial charge is 0.500 e. The quantitative estimate of drug-likeness (QED) is 0.560. The number of aromatic nitrogens is 1.